The lowest BCUT2D eigenvalue weighted by Gasteiger charge is -2.33. The van der Waals surface area contributed by atoms with Gasteiger partial charge < -0.3 is 4.98 Å². The van der Waals surface area contributed by atoms with Crippen molar-refractivity contribution in [2.24, 2.45) is 0 Å². The minimum atomic E-state index is 0.0560. The maximum absolute atomic E-state index is 11.9. The Morgan fingerprint density at radius 2 is 2.18 bits per heavy atom. The van der Waals surface area contributed by atoms with E-state index in [1.807, 2.05) is 0 Å². The normalized spacial score (nSPS) is 19.4. The van der Waals surface area contributed by atoms with Crippen LogP contribution in [0.15, 0.2) is 42.1 Å². The summed E-state index contributed by atoms with van der Waals surface area (Å²) in [7, 11) is 0. The molecular weight excluding hydrogens is 272 g/mol. The van der Waals surface area contributed by atoms with Gasteiger partial charge in [0.2, 0.25) is 0 Å². The molecular formula is C19H24N2O. The number of ketones is 1. The molecule has 0 saturated carbocycles. The summed E-state index contributed by atoms with van der Waals surface area (Å²) in [6.45, 7) is 5.78. The van der Waals surface area contributed by atoms with Gasteiger partial charge in [0.25, 0.3) is 0 Å². The van der Waals surface area contributed by atoms with E-state index < -0.39 is 0 Å². The van der Waals surface area contributed by atoms with Crippen molar-refractivity contribution in [2.75, 3.05) is 13.1 Å². The van der Waals surface area contributed by atoms with Crippen LogP contribution in [0.3, 0.4) is 0 Å². The molecule has 1 aliphatic heterocycles. The predicted octanol–water partition coefficient (Wildman–Crippen LogP) is 3.71. The summed E-state index contributed by atoms with van der Waals surface area (Å²) in [6, 6.07) is 8.46. The second-order valence-electron chi connectivity index (χ2n) is 6.16. The van der Waals surface area contributed by atoms with Gasteiger partial charge in [0, 0.05) is 30.2 Å². The first kappa shape index (κ1) is 15.0. The SMILES string of the molecule is CCC1=CCC(C(C)=O)N(CCc2c[nH]c3ccccc23)C1. The number of aromatic nitrogens is 1. The number of hydrogen-bond acceptors (Lipinski definition) is 2. The van der Waals surface area contributed by atoms with Gasteiger partial charge in [-0.3, -0.25) is 9.69 Å². The van der Waals surface area contributed by atoms with Crippen LogP contribution in [0.1, 0.15) is 32.3 Å². The Balaban J connectivity index is 1.73. The van der Waals surface area contributed by atoms with Gasteiger partial charge >= 0.3 is 0 Å². The third-order valence-corrected chi connectivity index (χ3v) is 4.74. The Kier molecular flexibility index (Phi) is 4.44. The standard InChI is InChI=1S/C19H24N2O/c1-3-15-8-9-19(14(2)22)21(13-15)11-10-16-12-20-18-7-5-4-6-17(16)18/h4-8,12,19-20H,3,9-11,13H2,1-2H3. The minimum absolute atomic E-state index is 0.0560. The van der Waals surface area contributed by atoms with Crippen molar-refractivity contribution < 1.29 is 4.79 Å². The molecule has 1 aliphatic rings. The van der Waals surface area contributed by atoms with Gasteiger partial charge in [-0.15, -0.1) is 0 Å². The molecule has 3 nitrogen and oxygen atoms in total. The summed E-state index contributed by atoms with van der Waals surface area (Å²) in [5.41, 5.74) is 3.98. The number of carbonyl (C=O) groups is 1. The van der Waals surface area contributed by atoms with Gasteiger partial charge in [-0.25, -0.2) is 0 Å². The lowest BCUT2D eigenvalue weighted by atomic mass is 9.97. The van der Waals surface area contributed by atoms with Crippen LogP contribution in [0.4, 0.5) is 0 Å². The highest BCUT2D eigenvalue weighted by atomic mass is 16.1. The number of nitrogens with one attached hydrogen (secondary N) is 1. The number of aromatic amines is 1. The fourth-order valence-electron chi connectivity index (χ4n) is 3.38. The monoisotopic (exact) mass is 296 g/mol. The van der Waals surface area contributed by atoms with Crippen molar-refractivity contribution in [3.63, 3.8) is 0 Å². The van der Waals surface area contributed by atoms with Gasteiger partial charge in [-0.2, -0.15) is 0 Å². The van der Waals surface area contributed by atoms with Crippen molar-refractivity contribution in [1.82, 2.24) is 9.88 Å². The molecule has 2 heterocycles. The Hall–Kier alpha value is -1.87. The summed E-state index contributed by atoms with van der Waals surface area (Å²) >= 11 is 0. The first-order valence-corrected chi connectivity index (χ1v) is 8.16. The first-order chi connectivity index (χ1) is 10.7. The average Bonchev–Trinajstić information content (AvgIpc) is 2.95. The highest BCUT2D eigenvalue weighted by Gasteiger charge is 2.25. The predicted molar refractivity (Wildman–Crippen MR) is 91.0 cm³/mol. The van der Waals surface area contributed by atoms with Crippen molar-refractivity contribution in [1.29, 1.82) is 0 Å². The van der Waals surface area contributed by atoms with Crippen LogP contribution in [-0.2, 0) is 11.2 Å². The zero-order valence-corrected chi connectivity index (χ0v) is 13.4. The first-order valence-electron chi connectivity index (χ1n) is 8.16. The molecule has 22 heavy (non-hydrogen) atoms. The Labute approximate surface area is 132 Å². The number of H-pyrrole nitrogens is 1. The maximum atomic E-state index is 11.9. The number of benzene rings is 1. The lowest BCUT2D eigenvalue weighted by molar-refractivity contribution is -0.122. The van der Waals surface area contributed by atoms with Crippen LogP contribution in [0.25, 0.3) is 10.9 Å². The van der Waals surface area contributed by atoms with Crippen molar-refractivity contribution in [3.8, 4) is 0 Å². The van der Waals surface area contributed by atoms with Crippen molar-refractivity contribution in [2.45, 2.75) is 39.2 Å². The number of fused-ring (bicyclic) bond motifs is 1. The van der Waals surface area contributed by atoms with Crippen LogP contribution in [0.5, 0.6) is 0 Å². The van der Waals surface area contributed by atoms with Gasteiger partial charge in [0.05, 0.1) is 6.04 Å². The van der Waals surface area contributed by atoms with E-state index in [1.54, 1.807) is 6.92 Å². The second kappa shape index (κ2) is 6.49. The number of rotatable bonds is 5. The molecule has 1 N–H and O–H groups in total. The molecule has 1 aromatic heterocycles. The number of hydrogen-bond donors (Lipinski definition) is 1. The summed E-state index contributed by atoms with van der Waals surface area (Å²) in [5, 5.41) is 1.30. The Bertz CT molecular complexity index is 698. The number of para-hydroxylation sites is 1. The van der Waals surface area contributed by atoms with E-state index in [-0.39, 0.29) is 11.8 Å². The van der Waals surface area contributed by atoms with E-state index in [0.29, 0.717) is 0 Å². The van der Waals surface area contributed by atoms with Gasteiger partial charge in [0.15, 0.2) is 0 Å². The van der Waals surface area contributed by atoms with E-state index >= 15 is 0 Å². The van der Waals surface area contributed by atoms with E-state index in [0.717, 1.165) is 32.4 Å². The molecule has 0 radical (unpaired) electrons. The second-order valence-corrected chi connectivity index (χ2v) is 6.16. The quantitative estimate of drug-likeness (QED) is 0.854. The number of nitrogens with zero attached hydrogens (tertiary/aromatic N) is 1. The lowest BCUT2D eigenvalue weighted by Crippen LogP contribution is -2.44. The molecule has 0 aliphatic carbocycles. The van der Waals surface area contributed by atoms with E-state index in [9.17, 15) is 4.79 Å². The van der Waals surface area contributed by atoms with Crippen molar-refractivity contribution in [3.05, 3.63) is 47.7 Å². The summed E-state index contributed by atoms with van der Waals surface area (Å²) in [4.78, 5) is 17.6. The smallest absolute Gasteiger partial charge is 0.147 e. The molecule has 2 aromatic rings. The summed E-state index contributed by atoms with van der Waals surface area (Å²) in [5.74, 6) is 0.283. The van der Waals surface area contributed by atoms with E-state index in [1.165, 1.54) is 22.0 Å². The van der Waals surface area contributed by atoms with Crippen LogP contribution >= 0.6 is 0 Å². The Morgan fingerprint density at radius 1 is 1.36 bits per heavy atom. The molecule has 1 aromatic carbocycles. The molecule has 0 bridgehead atoms. The van der Waals surface area contributed by atoms with Crippen LogP contribution in [0, 0.1) is 0 Å². The number of carbonyl (C=O) groups excluding carboxylic acids is 1. The van der Waals surface area contributed by atoms with Gasteiger partial charge in [-0.05, 0) is 37.8 Å². The van der Waals surface area contributed by atoms with Gasteiger partial charge in [-0.1, -0.05) is 36.8 Å². The van der Waals surface area contributed by atoms with Gasteiger partial charge in [0.1, 0.15) is 5.78 Å². The van der Waals surface area contributed by atoms with E-state index in [2.05, 4.69) is 53.3 Å². The summed E-state index contributed by atoms with van der Waals surface area (Å²) in [6.07, 6.45) is 7.29. The molecule has 0 spiro atoms. The number of Topliss-reactive ketones (excluding diaryl/α,β-unsaturated/α-hetero) is 1. The Morgan fingerprint density at radius 3 is 2.95 bits per heavy atom. The molecule has 3 heteroatoms. The average molecular weight is 296 g/mol. The highest BCUT2D eigenvalue weighted by Crippen LogP contribution is 2.22. The topological polar surface area (TPSA) is 36.1 Å². The fourth-order valence-corrected chi connectivity index (χ4v) is 3.38. The highest BCUT2D eigenvalue weighted by molar-refractivity contribution is 5.83. The molecule has 0 fully saturated rings. The fraction of sp³-hybridized carbons (Fsp3) is 0.421. The largest absolute Gasteiger partial charge is 0.361 e. The maximum Gasteiger partial charge on any atom is 0.147 e. The molecule has 0 amide bonds. The van der Waals surface area contributed by atoms with Crippen molar-refractivity contribution >= 4 is 16.7 Å². The minimum Gasteiger partial charge on any atom is -0.361 e. The molecule has 1 atom stereocenters. The molecule has 0 saturated heterocycles. The van der Waals surface area contributed by atoms with E-state index in [4.69, 9.17) is 0 Å². The van der Waals surface area contributed by atoms with Crippen LogP contribution < -0.4 is 0 Å². The molecule has 1 unspecified atom stereocenters. The zero-order chi connectivity index (χ0) is 15.5. The third-order valence-electron chi connectivity index (χ3n) is 4.74. The molecule has 3 rings (SSSR count). The summed E-state index contributed by atoms with van der Waals surface area (Å²) < 4.78 is 0. The van der Waals surface area contributed by atoms with Crippen LogP contribution in [-0.4, -0.2) is 34.8 Å². The zero-order valence-electron chi connectivity index (χ0n) is 13.4. The van der Waals surface area contributed by atoms with Crippen LogP contribution in [0.2, 0.25) is 0 Å². The third kappa shape index (κ3) is 3.00. The molecule has 116 valence electrons.